The van der Waals surface area contributed by atoms with Gasteiger partial charge in [0.25, 0.3) is 11.9 Å². The average Bonchev–Trinajstić information content (AvgIpc) is 2.37. The van der Waals surface area contributed by atoms with Crippen molar-refractivity contribution in [3.63, 3.8) is 0 Å². The highest BCUT2D eigenvalue weighted by molar-refractivity contribution is 5.49. The van der Waals surface area contributed by atoms with E-state index in [2.05, 4.69) is 4.98 Å². The number of hydrogen-bond donors (Lipinski definition) is 1. The number of nitrogens with zero attached hydrogens (tertiary/aromatic N) is 2. The van der Waals surface area contributed by atoms with Crippen LogP contribution in [0.3, 0.4) is 0 Å². The molecule has 1 saturated heterocycles. The molecule has 1 aromatic heterocycles. The van der Waals surface area contributed by atoms with Crippen molar-refractivity contribution in [2.24, 2.45) is 0 Å². The van der Waals surface area contributed by atoms with Crippen LogP contribution in [-0.4, -0.2) is 42.5 Å². The molecule has 0 amide bonds. The molecule has 0 spiro atoms. The fourth-order valence-corrected chi connectivity index (χ4v) is 1.79. The van der Waals surface area contributed by atoms with Gasteiger partial charge in [0, 0.05) is 13.1 Å². The molecule has 4 nitrogen and oxygen atoms in total. The van der Waals surface area contributed by atoms with Crippen LogP contribution in [0.15, 0.2) is 0 Å². The summed E-state index contributed by atoms with van der Waals surface area (Å²) < 4.78 is 57.9. The standard InChI is InChI=1S/C10H10F4N2O2/c11-6-8(7(12)10(14)15-9(6)13)16-1-2-18-5(3-16)4-17/h5,17H,1-4H2. The summed E-state index contributed by atoms with van der Waals surface area (Å²) in [6, 6.07) is 0. The van der Waals surface area contributed by atoms with E-state index in [1.165, 1.54) is 0 Å². The van der Waals surface area contributed by atoms with E-state index in [0.29, 0.717) is 0 Å². The fourth-order valence-electron chi connectivity index (χ4n) is 1.79. The van der Waals surface area contributed by atoms with Crippen LogP contribution in [0.5, 0.6) is 0 Å². The molecule has 1 N–H and O–H groups in total. The Morgan fingerprint density at radius 3 is 2.39 bits per heavy atom. The zero-order chi connectivity index (χ0) is 13.3. The molecule has 1 fully saturated rings. The Hall–Kier alpha value is -1.41. The van der Waals surface area contributed by atoms with Gasteiger partial charge < -0.3 is 14.7 Å². The predicted octanol–water partition coefficient (Wildman–Crippen LogP) is 0.836. The smallest absolute Gasteiger partial charge is 0.253 e. The quantitative estimate of drug-likeness (QED) is 0.636. The number of anilines is 1. The van der Waals surface area contributed by atoms with Crippen molar-refractivity contribution in [2.75, 3.05) is 31.2 Å². The zero-order valence-electron chi connectivity index (χ0n) is 9.17. The minimum Gasteiger partial charge on any atom is -0.394 e. The summed E-state index contributed by atoms with van der Waals surface area (Å²) in [5.41, 5.74) is -0.818. The van der Waals surface area contributed by atoms with Crippen LogP contribution in [0.1, 0.15) is 0 Å². The number of pyridine rings is 1. The van der Waals surface area contributed by atoms with E-state index in [-0.39, 0.29) is 26.3 Å². The number of morpholine rings is 1. The minimum absolute atomic E-state index is 0.0623. The molecule has 100 valence electrons. The van der Waals surface area contributed by atoms with Gasteiger partial charge in [0.1, 0.15) is 5.69 Å². The summed E-state index contributed by atoms with van der Waals surface area (Å²) in [7, 11) is 0. The van der Waals surface area contributed by atoms with Crippen molar-refractivity contribution in [3.05, 3.63) is 23.5 Å². The van der Waals surface area contributed by atoms with Gasteiger partial charge in [-0.3, -0.25) is 0 Å². The third-order valence-corrected chi connectivity index (χ3v) is 2.63. The maximum Gasteiger partial charge on any atom is 0.253 e. The largest absolute Gasteiger partial charge is 0.394 e. The number of aliphatic hydroxyl groups is 1. The van der Waals surface area contributed by atoms with Gasteiger partial charge >= 0.3 is 0 Å². The van der Waals surface area contributed by atoms with Crippen LogP contribution in [0.4, 0.5) is 23.2 Å². The number of aromatic nitrogens is 1. The van der Waals surface area contributed by atoms with Crippen LogP contribution in [0.2, 0.25) is 0 Å². The summed E-state index contributed by atoms with van der Waals surface area (Å²) >= 11 is 0. The molecule has 0 radical (unpaired) electrons. The van der Waals surface area contributed by atoms with Crippen LogP contribution in [-0.2, 0) is 4.74 Å². The molecule has 0 saturated carbocycles. The molecule has 0 bridgehead atoms. The highest BCUT2D eigenvalue weighted by Crippen LogP contribution is 2.27. The molecule has 1 unspecified atom stereocenters. The lowest BCUT2D eigenvalue weighted by molar-refractivity contribution is 0.00314. The summed E-state index contributed by atoms with van der Waals surface area (Å²) in [6.45, 7) is -0.258. The van der Waals surface area contributed by atoms with Gasteiger partial charge in [-0.25, -0.2) is 0 Å². The van der Waals surface area contributed by atoms with Gasteiger partial charge in [-0.1, -0.05) is 0 Å². The van der Waals surface area contributed by atoms with Crippen molar-refractivity contribution in [2.45, 2.75) is 6.10 Å². The third kappa shape index (κ3) is 2.25. The van der Waals surface area contributed by atoms with E-state index >= 15 is 0 Å². The third-order valence-electron chi connectivity index (χ3n) is 2.63. The van der Waals surface area contributed by atoms with E-state index in [1.54, 1.807) is 0 Å². The second-order valence-corrected chi connectivity index (χ2v) is 3.79. The molecular weight excluding hydrogens is 256 g/mol. The normalized spacial score (nSPS) is 20.3. The molecule has 18 heavy (non-hydrogen) atoms. The van der Waals surface area contributed by atoms with Crippen LogP contribution in [0, 0.1) is 23.5 Å². The van der Waals surface area contributed by atoms with Gasteiger partial charge in [-0.05, 0) is 0 Å². The lowest BCUT2D eigenvalue weighted by Gasteiger charge is -2.33. The second-order valence-electron chi connectivity index (χ2n) is 3.79. The topological polar surface area (TPSA) is 45.6 Å². The van der Waals surface area contributed by atoms with Crippen molar-refractivity contribution in [1.82, 2.24) is 4.98 Å². The Morgan fingerprint density at radius 2 is 1.83 bits per heavy atom. The van der Waals surface area contributed by atoms with Crippen LogP contribution in [0.25, 0.3) is 0 Å². The molecule has 1 atom stereocenters. The first kappa shape index (κ1) is 13.0. The minimum atomic E-state index is -1.70. The molecule has 0 aromatic carbocycles. The molecule has 1 aliphatic rings. The van der Waals surface area contributed by atoms with Gasteiger partial charge in [-0.2, -0.15) is 22.5 Å². The summed E-state index contributed by atoms with van der Waals surface area (Å²) in [6.07, 6.45) is -0.656. The van der Waals surface area contributed by atoms with Crippen molar-refractivity contribution >= 4 is 5.69 Å². The molecular formula is C10H10F4N2O2. The molecule has 2 heterocycles. The Morgan fingerprint density at radius 1 is 1.22 bits per heavy atom. The fraction of sp³-hybridized carbons (Fsp3) is 0.500. The maximum atomic E-state index is 13.5. The van der Waals surface area contributed by atoms with E-state index in [1.807, 2.05) is 0 Å². The molecule has 8 heteroatoms. The summed E-state index contributed by atoms with van der Waals surface area (Å²) in [5.74, 6) is -6.49. The highest BCUT2D eigenvalue weighted by Gasteiger charge is 2.29. The van der Waals surface area contributed by atoms with E-state index in [4.69, 9.17) is 9.84 Å². The lowest BCUT2D eigenvalue weighted by Crippen LogP contribution is -2.45. The Labute approximate surface area is 99.8 Å². The number of aliphatic hydroxyl groups excluding tert-OH is 1. The number of halogens is 4. The second kappa shape index (κ2) is 5.07. The molecule has 0 aliphatic carbocycles. The molecule has 1 aromatic rings. The SMILES string of the molecule is OCC1CN(c2c(F)c(F)nc(F)c2F)CCO1. The number of rotatable bonds is 2. The average molecular weight is 266 g/mol. The molecule has 2 rings (SSSR count). The van der Waals surface area contributed by atoms with Crippen molar-refractivity contribution in [1.29, 1.82) is 0 Å². The number of ether oxygens (including phenoxy) is 1. The first-order chi connectivity index (χ1) is 8.54. The predicted molar refractivity (Wildman–Crippen MR) is 53.1 cm³/mol. The van der Waals surface area contributed by atoms with E-state index in [0.717, 1.165) is 4.90 Å². The number of hydrogen-bond acceptors (Lipinski definition) is 4. The van der Waals surface area contributed by atoms with Gasteiger partial charge in [0.05, 0.1) is 19.3 Å². The first-order valence-electron chi connectivity index (χ1n) is 5.22. The summed E-state index contributed by atoms with van der Waals surface area (Å²) in [5, 5.41) is 8.90. The maximum absolute atomic E-state index is 13.5. The summed E-state index contributed by atoms with van der Waals surface area (Å²) in [4.78, 5) is 3.56. The van der Waals surface area contributed by atoms with Crippen LogP contribution < -0.4 is 4.90 Å². The van der Waals surface area contributed by atoms with Crippen molar-refractivity contribution in [3.8, 4) is 0 Å². The highest BCUT2D eigenvalue weighted by atomic mass is 19.2. The monoisotopic (exact) mass is 266 g/mol. The van der Waals surface area contributed by atoms with Gasteiger partial charge in [0.15, 0.2) is 0 Å². The van der Waals surface area contributed by atoms with E-state index < -0.39 is 35.3 Å². The lowest BCUT2D eigenvalue weighted by atomic mass is 10.2. The zero-order valence-corrected chi connectivity index (χ0v) is 9.17. The Bertz CT molecular complexity index is 432. The Kier molecular flexibility index (Phi) is 3.67. The van der Waals surface area contributed by atoms with E-state index in [9.17, 15) is 17.6 Å². The molecule has 1 aliphatic heterocycles. The van der Waals surface area contributed by atoms with Crippen LogP contribution >= 0.6 is 0 Å². The first-order valence-corrected chi connectivity index (χ1v) is 5.22. The Balaban J connectivity index is 2.38. The van der Waals surface area contributed by atoms with Gasteiger partial charge in [0.2, 0.25) is 11.6 Å². The van der Waals surface area contributed by atoms with Gasteiger partial charge in [-0.15, -0.1) is 0 Å². The van der Waals surface area contributed by atoms with Crippen molar-refractivity contribution < 1.29 is 27.4 Å².